The van der Waals surface area contributed by atoms with Crippen LogP contribution in [0.5, 0.6) is 0 Å². The normalized spacial score (nSPS) is 21.0. The lowest BCUT2D eigenvalue weighted by Gasteiger charge is -2.35. The molecule has 4 rings (SSSR count). The number of hydrogen-bond acceptors (Lipinski definition) is 5. The molecule has 1 saturated carbocycles. The van der Waals surface area contributed by atoms with Crippen LogP contribution in [-0.4, -0.2) is 33.8 Å². The molecule has 164 valence electrons. The van der Waals surface area contributed by atoms with Crippen LogP contribution in [0.25, 0.3) is 0 Å². The van der Waals surface area contributed by atoms with Crippen LogP contribution >= 0.6 is 11.3 Å². The van der Waals surface area contributed by atoms with Crippen molar-refractivity contribution in [3.8, 4) is 0 Å². The summed E-state index contributed by atoms with van der Waals surface area (Å²) in [5.41, 5.74) is 1.99. The van der Waals surface area contributed by atoms with Crippen LogP contribution < -0.4 is 10.6 Å². The Kier molecular flexibility index (Phi) is 5.74. The van der Waals surface area contributed by atoms with Crippen molar-refractivity contribution in [3.05, 3.63) is 53.1 Å². The number of anilines is 2. The van der Waals surface area contributed by atoms with Crippen molar-refractivity contribution in [1.29, 1.82) is 0 Å². The zero-order valence-electron chi connectivity index (χ0n) is 16.5. The molecule has 2 N–H and O–H groups in total. The van der Waals surface area contributed by atoms with Crippen LogP contribution in [-0.2, 0) is 17.5 Å². The Morgan fingerprint density at radius 1 is 1.32 bits per heavy atom. The van der Waals surface area contributed by atoms with Crippen molar-refractivity contribution in [2.24, 2.45) is 0 Å². The highest BCUT2D eigenvalue weighted by Crippen LogP contribution is 2.37. The van der Waals surface area contributed by atoms with Gasteiger partial charge >= 0.3 is 6.18 Å². The average molecular weight is 450 g/mol. The maximum Gasteiger partial charge on any atom is 0.427 e. The Morgan fingerprint density at radius 2 is 2.13 bits per heavy atom. The van der Waals surface area contributed by atoms with Gasteiger partial charge in [-0.05, 0) is 49.5 Å². The number of benzene rings is 1. The van der Waals surface area contributed by atoms with Gasteiger partial charge in [0.1, 0.15) is 4.88 Å². The number of fused-ring (bicyclic) bond motifs is 1. The Morgan fingerprint density at radius 3 is 2.84 bits per heavy atom. The Bertz CT molecular complexity index is 1020. The SMILES string of the molecule is C=CC(=O)Nc1ccc2c(c1)C(=O)N([C@H]1CCC[C@@H](Nc3ncc(C(F)(F)F)s3)C1)C2. The van der Waals surface area contributed by atoms with Crippen molar-refractivity contribution in [3.63, 3.8) is 0 Å². The van der Waals surface area contributed by atoms with Crippen LogP contribution in [0, 0.1) is 0 Å². The Labute approximate surface area is 181 Å². The summed E-state index contributed by atoms with van der Waals surface area (Å²) >= 11 is 0.596. The van der Waals surface area contributed by atoms with Crippen LogP contribution in [0.1, 0.15) is 46.5 Å². The highest BCUT2D eigenvalue weighted by molar-refractivity contribution is 7.15. The molecule has 2 amide bonds. The maximum atomic E-state index is 13.0. The second-order valence-corrected chi connectivity index (χ2v) is 8.72. The third-order valence-electron chi connectivity index (χ3n) is 5.59. The summed E-state index contributed by atoms with van der Waals surface area (Å²) in [5.74, 6) is -0.441. The number of thiazole rings is 1. The zero-order valence-corrected chi connectivity index (χ0v) is 17.4. The van der Waals surface area contributed by atoms with Gasteiger partial charge in [0.15, 0.2) is 5.13 Å². The molecule has 0 saturated heterocycles. The van der Waals surface area contributed by atoms with E-state index in [4.69, 9.17) is 0 Å². The third kappa shape index (κ3) is 4.58. The fourth-order valence-electron chi connectivity index (χ4n) is 4.11. The Hall–Kier alpha value is -2.88. The van der Waals surface area contributed by atoms with Gasteiger partial charge in [0.25, 0.3) is 5.91 Å². The van der Waals surface area contributed by atoms with E-state index in [1.807, 2.05) is 11.0 Å². The summed E-state index contributed by atoms with van der Waals surface area (Å²) in [4.78, 5) is 29.5. The summed E-state index contributed by atoms with van der Waals surface area (Å²) in [6.07, 6.45) is 0.757. The number of carbonyl (C=O) groups excluding carboxylic acids is 2. The molecule has 31 heavy (non-hydrogen) atoms. The summed E-state index contributed by atoms with van der Waals surface area (Å²) in [7, 11) is 0. The lowest BCUT2D eigenvalue weighted by Crippen LogP contribution is -2.42. The van der Waals surface area contributed by atoms with E-state index in [0.29, 0.717) is 35.6 Å². The molecule has 2 atom stereocenters. The molecule has 0 spiro atoms. The second-order valence-electron chi connectivity index (χ2n) is 7.69. The molecule has 1 aromatic carbocycles. The minimum atomic E-state index is -4.40. The number of amides is 2. The van der Waals surface area contributed by atoms with Crippen molar-refractivity contribution >= 4 is 34.0 Å². The molecule has 6 nitrogen and oxygen atoms in total. The number of nitrogens with zero attached hydrogens (tertiary/aromatic N) is 2. The van der Waals surface area contributed by atoms with Gasteiger partial charge < -0.3 is 15.5 Å². The van der Waals surface area contributed by atoms with Crippen molar-refractivity contribution in [1.82, 2.24) is 9.88 Å². The topological polar surface area (TPSA) is 74.3 Å². The number of halogens is 3. The van der Waals surface area contributed by atoms with Gasteiger partial charge in [0, 0.05) is 29.9 Å². The first kappa shape index (κ1) is 21.4. The summed E-state index contributed by atoms with van der Waals surface area (Å²) in [6, 6.07) is 5.19. The monoisotopic (exact) mass is 450 g/mol. The minimum absolute atomic E-state index is 0.0144. The molecule has 1 aliphatic carbocycles. The van der Waals surface area contributed by atoms with E-state index in [0.717, 1.165) is 37.1 Å². The largest absolute Gasteiger partial charge is 0.427 e. The molecular weight excluding hydrogens is 429 g/mol. The molecule has 2 aliphatic rings. The zero-order chi connectivity index (χ0) is 22.2. The maximum absolute atomic E-state index is 13.0. The van der Waals surface area contributed by atoms with Crippen molar-refractivity contribution < 1.29 is 22.8 Å². The van der Waals surface area contributed by atoms with Crippen molar-refractivity contribution in [2.45, 2.75) is 50.5 Å². The number of nitrogens with one attached hydrogen (secondary N) is 2. The summed E-state index contributed by atoms with van der Waals surface area (Å²) in [5, 5.41) is 6.02. The fraction of sp³-hybridized carbons (Fsp3) is 0.381. The van der Waals surface area contributed by atoms with Gasteiger partial charge in [-0.25, -0.2) is 4.98 Å². The minimum Gasteiger partial charge on any atom is -0.359 e. The molecule has 2 heterocycles. The van der Waals surface area contributed by atoms with Crippen LogP contribution in [0.3, 0.4) is 0 Å². The predicted molar refractivity (Wildman–Crippen MR) is 112 cm³/mol. The van der Waals surface area contributed by atoms with E-state index in [-0.39, 0.29) is 29.0 Å². The molecule has 2 aromatic rings. The molecule has 0 unspecified atom stereocenters. The van der Waals surface area contributed by atoms with Gasteiger partial charge in [-0.3, -0.25) is 9.59 Å². The number of rotatable bonds is 5. The first-order valence-corrected chi connectivity index (χ1v) is 10.7. The van der Waals surface area contributed by atoms with Gasteiger partial charge in [0.2, 0.25) is 5.91 Å². The standard InChI is InChI=1S/C21H21F3N4O2S/c1-2-18(29)26-14-7-6-12-11-28(19(30)16(12)9-14)15-5-3-4-13(8-15)27-20-25-10-17(31-20)21(22,23)24/h2,6-7,9-10,13,15H,1,3-5,8,11H2,(H,25,27)(H,26,29)/t13-,15+/m1/s1. The first-order chi connectivity index (χ1) is 14.7. The van der Waals surface area contributed by atoms with E-state index in [1.54, 1.807) is 12.1 Å². The fourth-order valence-corrected chi connectivity index (χ4v) is 4.87. The van der Waals surface area contributed by atoms with Crippen LogP contribution in [0.2, 0.25) is 0 Å². The van der Waals surface area contributed by atoms with Crippen molar-refractivity contribution in [2.75, 3.05) is 10.6 Å². The van der Waals surface area contributed by atoms with E-state index in [1.165, 1.54) is 0 Å². The van der Waals surface area contributed by atoms with Gasteiger partial charge in [-0.2, -0.15) is 13.2 Å². The lowest BCUT2D eigenvalue weighted by atomic mass is 9.90. The van der Waals surface area contributed by atoms with Gasteiger partial charge in [-0.15, -0.1) is 0 Å². The van der Waals surface area contributed by atoms with E-state index in [9.17, 15) is 22.8 Å². The number of alkyl halides is 3. The van der Waals surface area contributed by atoms with Gasteiger partial charge in [-0.1, -0.05) is 24.0 Å². The number of carbonyl (C=O) groups is 2. The quantitative estimate of drug-likeness (QED) is 0.650. The van der Waals surface area contributed by atoms with E-state index >= 15 is 0 Å². The molecule has 0 radical (unpaired) electrons. The highest BCUT2D eigenvalue weighted by atomic mass is 32.1. The molecule has 1 aliphatic heterocycles. The van der Waals surface area contributed by atoms with Crippen LogP contribution in [0.4, 0.5) is 24.0 Å². The smallest absolute Gasteiger partial charge is 0.359 e. The van der Waals surface area contributed by atoms with E-state index in [2.05, 4.69) is 22.2 Å². The Balaban J connectivity index is 1.42. The second kappa shape index (κ2) is 8.33. The highest BCUT2D eigenvalue weighted by Gasteiger charge is 2.37. The predicted octanol–water partition coefficient (Wildman–Crippen LogP) is 4.67. The van der Waals surface area contributed by atoms with Gasteiger partial charge in [0.05, 0.1) is 6.20 Å². The average Bonchev–Trinajstić information content (AvgIpc) is 3.33. The summed E-state index contributed by atoms with van der Waals surface area (Å²) < 4.78 is 38.4. The molecule has 1 fully saturated rings. The molecule has 1 aromatic heterocycles. The molecular formula is C21H21F3N4O2S. The number of aromatic nitrogens is 1. The number of hydrogen-bond donors (Lipinski definition) is 2. The molecule has 10 heteroatoms. The third-order valence-corrected chi connectivity index (χ3v) is 6.57. The lowest BCUT2D eigenvalue weighted by molar-refractivity contribution is -0.134. The van der Waals surface area contributed by atoms with E-state index < -0.39 is 11.1 Å². The first-order valence-electron chi connectivity index (χ1n) is 9.91. The molecule has 0 bridgehead atoms. The van der Waals surface area contributed by atoms with Crippen LogP contribution in [0.15, 0.2) is 37.1 Å². The summed E-state index contributed by atoms with van der Waals surface area (Å²) in [6.45, 7) is 3.90.